The van der Waals surface area contributed by atoms with Crippen LogP contribution in [0.5, 0.6) is 0 Å². The maximum atomic E-state index is 9.33. The number of hydrogen-bond donors (Lipinski definition) is 1. The molecule has 21 heavy (non-hydrogen) atoms. The lowest BCUT2D eigenvalue weighted by molar-refractivity contribution is 0.0357. The van der Waals surface area contributed by atoms with Crippen LogP contribution in [0.15, 0.2) is 30.3 Å². The average Bonchev–Trinajstić information content (AvgIpc) is 2.54. The average molecular weight is 292 g/mol. The van der Waals surface area contributed by atoms with E-state index in [-0.39, 0.29) is 6.61 Å². The molecule has 0 aromatic heterocycles. The molecule has 1 saturated heterocycles. The van der Waals surface area contributed by atoms with Gasteiger partial charge in [-0.25, -0.2) is 0 Å². The standard InChI is InChI=1S/C17H28N2O2/c1-18(9-5-10-19-11-14-21-15-12-19)17(8-13-20)16-6-3-2-4-7-16/h2-4,6-7,17,20H,5,8-15H2,1H3. The topological polar surface area (TPSA) is 35.9 Å². The lowest BCUT2D eigenvalue weighted by Gasteiger charge is -2.30. The van der Waals surface area contributed by atoms with Gasteiger partial charge in [0.15, 0.2) is 0 Å². The molecule has 1 aliphatic heterocycles. The van der Waals surface area contributed by atoms with Crippen LogP contribution in [-0.2, 0) is 4.74 Å². The van der Waals surface area contributed by atoms with Crippen molar-refractivity contribution in [2.75, 3.05) is 53.0 Å². The van der Waals surface area contributed by atoms with Gasteiger partial charge in [-0.05, 0) is 38.5 Å². The third-order valence-electron chi connectivity index (χ3n) is 4.21. The Morgan fingerprint density at radius 3 is 2.62 bits per heavy atom. The fourth-order valence-electron chi connectivity index (χ4n) is 2.96. The molecule has 0 aliphatic carbocycles. The largest absolute Gasteiger partial charge is 0.396 e. The zero-order valence-electron chi connectivity index (χ0n) is 13.1. The van der Waals surface area contributed by atoms with E-state index in [1.807, 2.05) is 6.07 Å². The van der Waals surface area contributed by atoms with E-state index in [4.69, 9.17) is 4.74 Å². The monoisotopic (exact) mass is 292 g/mol. The minimum Gasteiger partial charge on any atom is -0.396 e. The highest BCUT2D eigenvalue weighted by Crippen LogP contribution is 2.22. The van der Waals surface area contributed by atoms with Crippen molar-refractivity contribution in [3.05, 3.63) is 35.9 Å². The molecule has 1 atom stereocenters. The number of benzene rings is 1. The van der Waals surface area contributed by atoms with E-state index in [0.717, 1.165) is 52.2 Å². The number of nitrogens with zero attached hydrogens (tertiary/aromatic N) is 2. The number of aliphatic hydroxyl groups excluding tert-OH is 1. The summed E-state index contributed by atoms with van der Waals surface area (Å²) in [6.45, 7) is 6.27. The van der Waals surface area contributed by atoms with Gasteiger partial charge in [0.2, 0.25) is 0 Å². The molecule has 0 radical (unpaired) electrons. The Labute approximate surface area is 128 Å². The number of morpholine rings is 1. The predicted octanol–water partition coefficient (Wildman–Crippen LogP) is 1.76. The van der Waals surface area contributed by atoms with Crippen molar-refractivity contribution in [2.24, 2.45) is 0 Å². The number of aliphatic hydroxyl groups is 1. The first-order valence-electron chi connectivity index (χ1n) is 7.97. The number of ether oxygens (including phenoxy) is 1. The predicted molar refractivity (Wildman–Crippen MR) is 85.4 cm³/mol. The van der Waals surface area contributed by atoms with Crippen LogP contribution < -0.4 is 0 Å². The Hall–Kier alpha value is -0.940. The van der Waals surface area contributed by atoms with Gasteiger partial charge >= 0.3 is 0 Å². The first-order chi connectivity index (χ1) is 10.3. The fourth-order valence-corrected chi connectivity index (χ4v) is 2.96. The second-order valence-corrected chi connectivity index (χ2v) is 5.73. The highest BCUT2D eigenvalue weighted by molar-refractivity contribution is 5.18. The Kier molecular flexibility index (Phi) is 7.16. The Morgan fingerprint density at radius 1 is 1.24 bits per heavy atom. The van der Waals surface area contributed by atoms with Gasteiger partial charge in [0.05, 0.1) is 13.2 Å². The first kappa shape index (κ1) is 16.4. The molecule has 4 heteroatoms. The minimum absolute atomic E-state index is 0.230. The second-order valence-electron chi connectivity index (χ2n) is 5.73. The van der Waals surface area contributed by atoms with Gasteiger partial charge in [-0.15, -0.1) is 0 Å². The van der Waals surface area contributed by atoms with Crippen LogP contribution in [0.3, 0.4) is 0 Å². The van der Waals surface area contributed by atoms with Crippen LogP contribution in [0, 0.1) is 0 Å². The van der Waals surface area contributed by atoms with Gasteiger partial charge < -0.3 is 9.84 Å². The molecule has 0 spiro atoms. The molecule has 0 amide bonds. The summed E-state index contributed by atoms with van der Waals surface area (Å²) in [7, 11) is 2.16. The van der Waals surface area contributed by atoms with E-state index in [1.54, 1.807) is 0 Å². The van der Waals surface area contributed by atoms with E-state index in [0.29, 0.717) is 6.04 Å². The maximum absolute atomic E-state index is 9.33. The quantitative estimate of drug-likeness (QED) is 0.792. The summed E-state index contributed by atoms with van der Waals surface area (Å²) in [4.78, 5) is 4.84. The van der Waals surface area contributed by atoms with Crippen molar-refractivity contribution in [2.45, 2.75) is 18.9 Å². The molecule has 1 N–H and O–H groups in total. The van der Waals surface area contributed by atoms with Crippen LogP contribution in [0.25, 0.3) is 0 Å². The third-order valence-corrected chi connectivity index (χ3v) is 4.21. The zero-order chi connectivity index (χ0) is 14.9. The second kappa shape index (κ2) is 9.15. The van der Waals surface area contributed by atoms with E-state index < -0.39 is 0 Å². The third kappa shape index (κ3) is 5.40. The summed E-state index contributed by atoms with van der Waals surface area (Å²) in [5, 5.41) is 9.33. The van der Waals surface area contributed by atoms with Crippen molar-refractivity contribution < 1.29 is 9.84 Å². The SMILES string of the molecule is CN(CCCN1CCOCC1)C(CCO)c1ccccc1. The van der Waals surface area contributed by atoms with E-state index in [9.17, 15) is 5.11 Å². The van der Waals surface area contributed by atoms with Crippen molar-refractivity contribution in [3.63, 3.8) is 0 Å². The molecule has 118 valence electrons. The molecule has 1 fully saturated rings. The molecule has 1 aromatic carbocycles. The first-order valence-corrected chi connectivity index (χ1v) is 7.97. The Balaban J connectivity index is 1.79. The van der Waals surface area contributed by atoms with Crippen LogP contribution in [-0.4, -0.2) is 68.0 Å². The Bertz CT molecular complexity index is 380. The van der Waals surface area contributed by atoms with Gasteiger partial charge in [-0.3, -0.25) is 9.80 Å². The lowest BCUT2D eigenvalue weighted by atomic mass is 10.0. The highest BCUT2D eigenvalue weighted by atomic mass is 16.5. The molecule has 1 unspecified atom stereocenters. The maximum Gasteiger partial charge on any atom is 0.0594 e. The van der Waals surface area contributed by atoms with E-state index >= 15 is 0 Å². The summed E-state index contributed by atoms with van der Waals surface area (Å²) >= 11 is 0. The molecule has 4 nitrogen and oxygen atoms in total. The van der Waals surface area contributed by atoms with E-state index in [1.165, 1.54) is 5.56 Å². The van der Waals surface area contributed by atoms with Crippen molar-refractivity contribution in [3.8, 4) is 0 Å². The summed E-state index contributed by atoms with van der Waals surface area (Å²) in [5.74, 6) is 0. The lowest BCUT2D eigenvalue weighted by Crippen LogP contribution is -2.38. The van der Waals surface area contributed by atoms with Crippen molar-refractivity contribution >= 4 is 0 Å². The molecular formula is C17H28N2O2. The molecule has 0 bridgehead atoms. The van der Waals surface area contributed by atoms with E-state index in [2.05, 4.69) is 41.1 Å². The minimum atomic E-state index is 0.230. The van der Waals surface area contributed by atoms with Gasteiger partial charge in [0.1, 0.15) is 0 Å². The fraction of sp³-hybridized carbons (Fsp3) is 0.647. The van der Waals surface area contributed by atoms with Crippen LogP contribution >= 0.6 is 0 Å². The van der Waals surface area contributed by atoms with Crippen molar-refractivity contribution in [1.82, 2.24) is 9.80 Å². The van der Waals surface area contributed by atoms with Gasteiger partial charge in [-0.2, -0.15) is 0 Å². The van der Waals surface area contributed by atoms with Crippen molar-refractivity contribution in [1.29, 1.82) is 0 Å². The molecule has 1 aromatic rings. The Morgan fingerprint density at radius 2 is 1.95 bits per heavy atom. The smallest absolute Gasteiger partial charge is 0.0594 e. The van der Waals surface area contributed by atoms with Gasteiger partial charge in [-0.1, -0.05) is 30.3 Å². The highest BCUT2D eigenvalue weighted by Gasteiger charge is 2.17. The van der Waals surface area contributed by atoms with Crippen LogP contribution in [0.1, 0.15) is 24.4 Å². The number of rotatable bonds is 8. The molecule has 1 aliphatic rings. The number of hydrogen-bond acceptors (Lipinski definition) is 4. The van der Waals surface area contributed by atoms with Gasteiger partial charge in [0, 0.05) is 25.7 Å². The summed E-state index contributed by atoms with van der Waals surface area (Å²) in [5.41, 5.74) is 1.29. The molecule has 0 saturated carbocycles. The van der Waals surface area contributed by atoms with Crippen LogP contribution in [0.4, 0.5) is 0 Å². The summed E-state index contributed by atoms with van der Waals surface area (Å²) < 4.78 is 5.38. The van der Waals surface area contributed by atoms with Gasteiger partial charge in [0.25, 0.3) is 0 Å². The molecular weight excluding hydrogens is 264 g/mol. The molecule has 2 rings (SSSR count). The van der Waals surface area contributed by atoms with Crippen LogP contribution in [0.2, 0.25) is 0 Å². The summed E-state index contributed by atoms with van der Waals surface area (Å²) in [6.07, 6.45) is 1.95. The molecule has 1 heterocycles. The zero-order valence-corrected chi connectivity index (χ0v) is 13.1. The summed E-state index contributed by atoms with van der Waals surface area (Å²) in [6, 6.07) is 10.8. The normalized spacial score (nSPS) is 18.0.